The molecule has 1 amide bonds. The molecule has 0 saturated heterocycles. The maximum Gasteiger partial charge on any atom is 0.251 e. The number of methoxy groups -OCH3 is 1. The van der Waals surface area contributed by atoms with Crippen molar-refractivity contribution < 1.29 is 17.9 Å². The van der Waals surface area contributed by atoms with E-state index in [0.717, 1.165) is 15.4 Å². The lowest BCUT2D eigenvalue weighted by molar-refractivity contribution is 0.0950. The van der Waals surface area contributed by atoms with E-state index in [4.69, 9.17) is 4.74 Å². The van der Waals surface area contributed by atoms with Crippen molar-refractivity contribution in [3.8, 4) is 5.75 Å². The Bertz CT molecular complexity index is 876. The van der Waals surface area contributed by atoms with Crippen LogP contribution in [0.4, 0.5) is 0 Å². The zero-order valence-electron chi connectivity index (χ0n) is 14.7. The first kappa shape index (κ1) is 19.0. The van der Waals surface area contributed by atoms with E-state index in [0.29, 0.717) is 6.54 Å². The Morgan fingerprint density at radius 3 is 2.44 bits per heavy atom. The summed E-state index contributed by atoms with van der Waals surface area (Å²) in [5, 5.41) is 2.81. The van der Waals surface area contributed by atoms with Gasteiger partial charge >= 0.3 is 0 Å². The summed E-state index contributed by atoms with van der Waals surface area (Å²) >= 11 is 0. The number of sulfonamides is 1. The fraction of sp³-hybridized carbons (Fsp3) is 0.278. The SMILES string of the molecule is COc1ccc(C(=O)NCc2ccccc2C)cc1S(=O)(=O)N(C)C. The number of ether oxygens (including phenoxy) is 1. The Hall–Kier alpha value is -2.38. The van der Waals surface area contributed by atoms with Gasteiger partial charge in [-0.15, -0.1) is 0 Å². The summed E-state index contributed by atoms with van der Waals surface area (Å²) in [7, 11) is 0.530. The predicted octanol–water partition coefficient (Wildman–Crippen LogP) is 2.18. The Morgan fingerprint density at radius 1 is 1.16 bits per heavy atom. The number of amides is 1. The van der Waals surface area contributed by atoms with Crippen LogP contribution in [-0.4, -0.2) is 39.8 Å². The molecule has 2 aromatic carbocycles. The molecule has 0 aliphatic heterocycles. The van der Waals surface area contributed by atoms with Gasteiger partial charge in [0.25, 0.3) is 5.91 Å². The van der Waals surface area contributed by atoms with E-state index in [1.54, 1.807) is 6.07 Å². The largest absolute Gasteiger partial charge is 0.495 e. The van der Waals surface area contributed by atoms with Crippen molar-refractivity contribution in [2.75, 3.05) is 21.2 Å². The van der Waals surface area contributed by atoms with Crippen LogP contribution in [0.2, 0.25) is 0 Å². The van der Waals surface area contributed by atoms with Crippen LogP contribution in [-0.2, 0) is 16.6 Å². The van der Waals surface area contributed by atoms with E-state index in [-0.39, 0.29) is 22.1 Å². The van der Waals surface area contributed by atoms with Gasteiger partial charge in [-0.3, -0.25) is 4.79 Å². The van der Waals surface area contributed by atoms with Gasteiger partial charge < -0.3 is 10.1 Å². The quantitative estimate of drug-likeness (QED) is 0.855. The van der Waals surface area contributed by atoms with Crippen molar-refractivity contribution in [1.29, 1.82) is 0 Å². The van der Waals surface area contributed by atoms with Crippen LogP contribution >= 0.6 is 0 Å². The average molecular weight is 362 g/mol. The number of nitrogens with zero attached hydrogens (tertiary/aromatic N) is 1. The highest BCUT2D eigenvalue weighted by Crippen LogP contribution is 2.26. The molecule has 0 aromatic heterocycles. The summed E-state index contributed by atoms with van der Waals surface area (Å²) < 4.78 is 31.1. The number of hydrogen-bond donors (Lipinski definition) is 1. The Balaban J connectivity index is 2.28. The molecule has 0 atom stereocenters. The molecule has 0 spiro atoms. The fourth-order valence-corrected chi connectivity index (χ4v) is 3.38. The number of carbonyl (C=O) groups excluding carboxylic acids is 1. The molecule has 2 rings (SSSR count). The third-order valence-electron chi connectivity index (χ3n) is 3.89. The van der Waals surface area contributed by atoms with E-state index in [1.165, 1.54) is 33.3 Å². The Kier molecular flexibility index (Phi) is 5.81. The van der Waals surface area contributed by atoms with E-state index < -0.39 is 10.0 Å². The first-order valence-corrected chi connectivity index (χ1v) is 9.14. The lowest BCUT2D eigenvalue weighted by Gasteiger charge is -2.15. The van der Waals surface area contributed by atoms with Crippen LogP contribution in [0.3, 0.4) is 0 Å². The minimum atomic E-state index is -3.72. The molecule has 0 saturated carbocycles. The number of carbonyl (C=O) groups is 1. The van der Waals surface area contributed by atoms with Gasteiger partial charge in [0.2, 0.25) is 10.0 Å². The van der Waals surface area contributed by atoms with Gasteiger partial charge in [-0.1, -0.05) is 24.3 Å². The molecule has 134 valence electrons. The van der Waals surface area contributed by atoms with Gasteiger partial charge in [0.05, 0.1) is 7.11 Å². The molecule has 0 aliphatic rings. The topological polar surface area (TPSA) is 75.7 Å². The molecule has 6 nitrogen and oxygen atoms in total. The van der Waals surface area contributed by atoms with Gasteiger partial charge in [0.1, 0.15) is 10.6 Å². The van der Waals surface area contributed by atoms with E-state index in [9.17, 15) is 13.2 Å². The minimum absolute atomic E-state index is 0.0384. The second-order valence-corrected chi connectivity index (χ2v) is 7.88. The molecular formula is C18H22N2O4S. The summed E-state index contributed by atoms with van der Waals surface area (Å²) in [4.78, 5) is 12.4. The molecule has 0 unspecified atom stereocenters. The second kappa shape index (κ2) is 7.67. The minimum Gasteiger partial charge on any atom is -0.495 e. The maximum atomic E-state index is 12.4. The van der Waals surface area contributed by atoms with Crippen LogP contribution in [0.5, 0.6) is 5.75 Å². The van der Waals surface area contributed by atoms with Crippen molar-refractivity contribution in [3.05, 3.63) is 59.2 Å². The third kappa shape index (κ3) is 4.18. The molecule has 0 radical (unpaired) electrons. The summed E-state index contributed by atoms with van der Waals surface area (Å²) in [5.41, 5.74) is 2.34. The van der Waals surface area contributed by atoms with Gasteiger partial charge in [-0.25, -0.2) is 12.7 Å². The lowest BCUT2D eigenvalue weighted by atomic mass is 10.1. The number of nitrogens with one attached hydrogen (secondary N) is 1. The van der Waals surface area contributed by atoms with Gasteiger partial charge in [0, 0.05) is 26.2 Å². The fourth-order valence-electron chi connectivity index (χ4n) is 2.30. The van der Waals surface area contributed by atoms with Crippen molar-refractivity contribution in [3.63, 3.8) is 0 Å². The molecule has 0 bridgehead atoms. The summed E-state index contributed by atoms with van der Waals surface area (Å²) in [6.07, 6.45) is 0. The van der Waals surface area contributed by atoms with Crippen molar-refractivity contribution in [2.24, 2.45) is 0 Å². The number of aryl methyl sites for hydroxylation is 1. The van der Waals surface area contributed by atoms with Gasteiger partial charge in [-0.05, 0) is 36.2 Å². The molecule has 0 fully saturated rings. The van der Waals surface area contributed by atoms with E-state index in [2.05, 4.69) is 5.32 Å². The van der Waals surface area contributed by atoms with Gasteiger partial charge in [-0.2, -0.15) is 0 Å². The first-order chi connectivity index (χ1) is 11.8. The number of rotatable bonds is 6. The molecule has 7 heteroatoms. The van der Waals surface area contributed by atoms with Crippen LogP contribution in [0.25, 0.3) is 0 Å². The highest BCUT2D eigenvalue weighted by atomic mass is 32.2. The number of benzene rings is 2. The standard InChI is InChI=1S/C18H22N2O4S/c1-13-7-5-6-8-15(13)12-19-18(21)14-9-10-16(24-4)17(11-14)25(22,23)20(2)3/h5-11H,12H2,1-4H3,(H,19,21). The average Bonchev–Trinajstić information content (AvgIpc) is 2.60. The van der Waals surface area contributed by atoms with Crippen molar-refractivity contribution in [1.82, 2.24) is 9.62 Å². The summed E-state index contributed by atoms with van der Waals surface area (Å²) in [6, 6.07) is 12.1. The third-order valence-corrected chi connectivity index (χ3v) is 5.72. The van der Waals surface area contributed by atoms with Crippen LogP contribution < -0.4 is 10.1 Å². The monoisotopic (exact) mass is 362 g/mol. The van der Waals surface area contributed by atoms with Gasteiger partial charge in [0.15, 0.2) is 0 Å². The summed E-state index contributed by atoms with van der Waals surface area (Å²) in [6.45, 7) is 2.34. The maximum absolute atomic E-state index is 12.4. The Labute approximate surface area is 148 Å². The molecule has 1 N–H and O–H groups in total. The second-order valence-electron chi connectivity index (χ2n) is 5.76. The Morgan fingerprint density at radius 2 is 1.84 bits per heavy atom. The normalized spacial score (nSPS) is 11.4. The molecule has 2 aromatic rings. The molecular weight excluding hydrogens is 340 g/mol. The molecule has 0 heterocycles. The zero-order chi connectivity index (χ0) is 18.6. The lowest BCUT2D eigenvalue weighted by Crippen LogP contribution is -2.25. The predicted molar refractivity (Wildman–Crippen MR) is 96.2 cm³/mol. The first-order valence-electron chi connectivity index (χ1n) is 7.70. The van der Waals surface area contributed by atoms with Crippen LogP contribution in [0, 0.1) is 6.92 Å². The number of hydrogen-bond acceptors (Lipinski definition) is 4. The van der Waals surface area contributed by atoms with E-state index in [1.807, 2.05) is 31.2 Å². The molecule has 0 aliphatic carbocycles. The molecule has 25 heavy (non-hydrogen) atoms. The van der Waals surface area contributed by atoms with E-state index >= 15 is 0 Å². The highest BCUT2D eigenvalue weighted by molar-refractivity contribution is 7.89. The van der Waals surface area contributed by atoms with Crippen LogP contribution in [0.1, 0.15) is 21.5 Å². The van der Waals surface area contributed by atoms with Crippen LogP contribution in [0.15, 0.2) is 47.4 Å². The van der Waals surface area contributed by atoms with Crippen molar-refractivity contribution in [2.45, 2.75) is 18.4 Å². The highest BCUT2D eigenvalue weighted by Gasteiger charge is 2.23. The smallest absolute Gasteiger partial charge is 0.251 e. The van der Waals surface area contributed by atoms with Crippen molar-refractivity contribution >= 4 is 15.9 Å². The summed E-state index contributed by atoms with van der Waals surface area (Å²) in [5.74, 6) is -0.148. The zero-order valence-corrected chi connectivity index (χ0v) is 15.6.